The second kappa shape index (κ2) is 5.18. The van der Waals surface area contributed by atoms with Gasteiger partial charge >= 0.3 is 6.03 Å². The van der Waals surface area contributed by atoms with Gasteiger partial charge in [0.05, 0.1) is 4.90 Å². The molecule has 0 spiro atoms. The Kier molecular flexibility index (Phi) is 3.77. The number of hydrogen-bond donors (Lipinski definition) is 1. The van der Waals surface area contributed by atoms with E-state index in [-0.39, 0.29) is 10.9 Å². The highest BCUT2D eigenvalue weighted by molar-refractivity contribution is 7.89. The molecule has 0 unspecified atom stereocenters. The van der Waals surface area contributed by atoms with Crippen molar-refractivity contribution >= 4 is 21.7 Å². The summed E-state index contributed by atoms with van der Waals surface area (Å²) < 4.78 is 25.4. The smallest absolute Gasteiger partial charge is 0.323 e. The average molecular weight is 283 g/mol. The monoisotopic (exact) mass is 283 g/mol. The number of benzene rings is 1. The zero-order chi connectivity index (χ0) is 14.0. The van der Waals surface area contributed by atoms with Crippen LogP contribution in [-0.2, 0) is 10.0 Å². The van der Waals surface area contributed by atoms with Crippen LogP contribution in [0.3, 0.4) is 0 Å². The van der Waals surface area contributed by atoms with Crippen LogP contribution >= 0.6 is 0 Å². The first kappa shape index (κ1) is 13.8. The lowest BCUT2D eigenvalue weighted by Crippen LogP contribution is -2.31. The SMILES string of the molecule is CCN1CCN(c2ccc(S(=O)(=O)NC)cc2)C1=O. The highest BCUT2D eigenvalue weighted by Gasteiger charge is 2.28. The second-order valence-corrected chi connectivity index (χ2v) is 6.10. The van der Waals surface area contributed by atoms with E-state index in [4.69, 9.17) is 0 Å². The van der Waals surface area contributed by atoms with Crippen LogP contribution < -0.4 is 9.62 Å². The Bertz CT molecular complexity index is 568. The minimum Gasteiger partial charge on any atom is -0.323 e. The van der Waals surface area contributed by atoms with E-state index in [2.05, 4.69) is 4.72 Å². The van der Waals surface area contributed by atoms with Gasteiger partial charge in [-0.2, -0.15) is 0 Å². The quantitative estimate of drug-likeness (QED) is 0.891. The lowest BCUT2D eigenvalue weighted by Gasteiger charge is -2.17. The summed E-state index contributed by atoms with van der Waals surface area (Å²) in [6, 6.07) is 6.28. The molecular weight excluding hydrogens is 266 g/mol. The Morgan fingerprint density at radius 2 is 1.84 bits per heavy atom. The first-order valence-electron chi connectivity index (χ1n) is 6.09. The summed E-state index contributed by atoms with van der Waals surface area (Å²) >= 11 is 0. The number of nitrogens with zero attached hydrogens (tertiary/aromatic N) is 2. The first-order chi connectivity index (χ1) is 8.99. The van der Waals surface area contributed by atoms with Crippen molar-refractivity contribution in [2.45, 2.75) is 11.8 Å². The molecule has 0 bridgehead atoms. The van der Waals surface area contributed by atoms with Crippen molar-refractivity contribution in [3.63, 3.8) is 0 Å². The fraction of sp³-hybridized carbons (Fsp3) is 0.417. The Labute approximate surface area is 113 Å². The number of sulfonamides is 1. The van der Waals surface area contributed by atoms with Crippen LogP contribution in [0.5, 0.6) is 0 Å². The number of nitrogens with one attached hydrogen (secondary N) is 1. The molecule has 1 aromatic carbocycles. The van der Waals surface area contributed by atoms with E-state index in [0.717, 1.165) is 5.69 Å². The molecule has 7 heteroatoms. The van der Waals surface area contributed by atoms with Gasteiger partial charge in [0.15, 0.2) is 0 Å². The minimum absolute atomic E-state index is 0.0354. The van der Waals surface area contributed by atoms with E-state index in [1.807, 2.05) is 6.92 Å². The largest absolute Gasteiger partial charge is 0.324 e. The molecule has 6 nitrogen and oxygen atoms in total. The molecular formula is C12H17N3O3S. The van der Waals surface area contributed by atoms with Crippen molar-refractivity contribution in [3.8, 4) is 0 Å². The molecule has 1 N–H and O–H groups in total. The van der Waals surface area contributed by atoms with Crippen LogP contribution in [0.4, 0.5) is 10.5 Å². The maximum Gasteiger partial charge on any atom is 0.324 e. The summed E-state index contributed by atoms with van der Waals surface area (Å²) in [5, 5.41) is 0. The van der Waals surface area contributed by atoms with Gasteiger partial charge in [-0.3, -0.25) is 4.90 Å². The molecule has 2 amide bonds. The summed E-state index contributed by atoms with van der Waals surface area (Å²) in [6.45, 7) is 3.95. The van der Waals surface area contributed by atoms with E-state index in [9.17, 15) is 13.2 Å². The molecule has 1 heterocycles. The third kappa shape index (κ3) is 2.57. The van der Waals surface area contributed by atoms with Crippen molar-refractivity contribution in [2.24, 2.45) is 0 Å². The fourth-order valence-corrected chi connectivity index (χ4v) is 2.77. The average Bonchev–Trinajstić information content (AvgIpc) is 2.80. The molecule has 0 saturated carbocycles. The Morgan fingerprint density at radius 1 is 1.21 bits per heavy atom. The third-order valence-corrected chi connectivity index (χ3v) is 4.63. The van der Waals surface area contributed by atoms with Gasteiger partial charge in [-0.05, 0) is 38.2 Å². The molecule has 0 aromatic heterocycles. The molecule has 1 aromatic rings. The van der Waals surface area contributed by atoms with Crippen molar-refractivity contribution in [1.29, 1.82) is 0 Å². The number of hydrogen-bond acceptors (Lipinski definition) is 3. The van der Waals surface area contributed by atoms with E-state index in [1.54, 1.807) is 21.9 Å². The van der Waals surface area contributed by atoms with Gasteiger partial charge in [-0.25, -0.2) is 17.9 Å². The Balaban J connectivity index is 2.23. The molecule has 1 aliphatic rings. The van der Waals surface area contributed by atoms with Crippen LogP contribution in [0.1, 0.15) is 6.92 Å². The van der Waals surface area contributed by atoms with Crippen LogP contribution in [0.25, 0.3) is 0 Å². The molecule has 2 rings (SSSR count). The molecule has 0 radical (unpaired) electrons. The zero-order valence-corrected chi connectivity index (χ0v) is 11.8. The predicted molar refractivity (Wildman–Crippen MR) is 72.7 cm³/mol. The van der Waals surface area contributed by atoms with Crippen molar-refractivity contribution < 1.29 is 13.2 Å². The van der Waals surface area contributed by atoms with Gasteiger partial charge in [-0.15, -0.1) is 0 Å². The van der Waals surface area contributed by atoms with Crippen LogP contribution in [-0.4, -0.2) is 46.0 Å². The number of rotatable bonds is 4. The van der Waals surface area contributed by atoms with Gasteiger partial charge in [-0.1, -0.05) is 0 Å². The second-order valence-electron chi connectivity index (χ2n) is 4.22. The van der Waals surface area contributed by atoms with Crippen LogP contribution in [0, 0.1) is 0 Å². The summed E-state index contributed by atoms with van der Waals surface area (Å²) in [6.07, 6.45) is 0. The predicted octanol–water partition coefficient (Wildman–Crippen LogP) is 0.857. The molecule has 1 saturated heterocycles. The number of anilines is 1. The number of carbonyl (C=O) groups excluding carboxylic acids is 1. The van der Waals surface area contributed by atoms with Gasteiger partial charge in [0.25, 0.3) is 0 Å². The number of urea groups is 1. The Hall–Kier alpha value is -1.60. The first-order valence-corrected chi connectivity index (χ1v) is 7.58. The highest BCUT2D eigenvalue weighted by Crippen LogP contribution is 2.22. The normalized spacial score (nSPS) is 16.2. The van der Waals surface area contributed by atoms with Gasteiger partial charge in [0.2, 0.25) is 10.0 Å². The topological polar surface area (TPSA) is 69.7 Å². The van der Waals surface area contributed by atoms with Gasteiger partial charge in [0.1, 0.15) is 0 Å². The summed E-state index contributed by atoms with van der Waals surface area (Å²) in [4.78, 5) is 15.6. The lowest BCUT2D eigenvalue weighted by molar-refractivity contribution is 0.223. The van der Waals surface area contributed by atoms with E-state index in [0.29, 0.717) is 19.6 Å². The summed E-state index contributed by atoms with van der Waals surface area (Å²) in [5.41, 5.74) is 0.719. The van der Waals surface area contributed by atoms with Crippen molar-refractivity contribution in [3.05, 3.63) is 24.3 Å². The highest BCUT2D eigenvalue weighted by atomic mass is 32.2. The van der Waals surface area contributed by atoms with Gasteiger partial charge in [0, 0.05) is 25.3 Å². The molecule has 0 atom stereocenters. The Morgan fingerprint density at radius 3 is 2.32 bits per heavy atom. The molecule has 104 valence electrons. The lowest BCUT2D eigenvalue weighted by atomic mass is 10.3. The minimum atomic E-state index is -3.43. The van der Waals surface area contributed by atoms with Crippen LogP contribution in [0.2, 0.25) is 0 Å². The van der Waals surface area contributed by atoms with Gasteiger partial charge < -0.3 is 4.90 Å². The number of carbonyl (C=O) groups is 1. The zero-order valence-electron chi connectivity index (χ0n) is 11.0. The van der Waals surface area contributed by atoms with Crippen molar-refractivity contribution in [2.75, 3.05) is 31.6 Å². The molecule has 1 aliphatic heterocycles. The van der Waals surface area contributed by atoms with Crippen LogP contribution in [0.15, 0.2) is 29.2 Å². The maximum absolute atomic E-state index is 12.0. The molecule has 19 heavy (non-hydrogen) atoms. The number of likely N-dealkylation sites (N-methyl/N-ethyl adjacent to an activating group) is 1. The summed E-state index contributed by atoms with van der Waals surface area (Å²) in [5.74, 6) is 0. The fourth-order valence-electron chi connectivity index (χ4n) is 2.04. The van der Waals surface area contributed by atoms with E-state index >= 15 is 0 Å². The molecule has 0 aliphatic carbocycles. The molecule has 1 fully saturated rings. The van der Waals surface area contributed by atoms with Crippen molar-refractivity contribution in [1.82, 2.24) is 9.62 Å². The third-order valence-electron chi connectivity index (χ3n) is 3.20. The van der Waals surface area contributed by atoms with E-state index in [1.165, 1.54) is 19.2 Å². The number of amides is 2. The summed E-state index contributed by atoms with van der Waals surface area (Å²) in [7, 11) is -2.06. The van der Waals surface area contributed by atoms with E-state index < -0.39 is 10.0 Å². The maximum atomic E-state index is 12.0. The standard InChI is InChI=1S/C12H17N3O3S/c1-3-14-8-9-15(12(14)16)10-4-6-11(7-5-10)19(17,18)13-2/h4-7,13H,3,8-9H2,1-2H3.